The van der Waals surface area contributed by atoms with E-state index in [1.807, 2.05) is 6.07 Å². The van der Waals surface area contributed by atoms with Crippen LogP contribution in [0, 0.1) is 11.3 Å². The van der Waals surface area contributed by atoms with E-state index in [-0.39, 0.29) is 0 Å². The molecule has 3 aromatic rings. The third-order valence-electron chi connectivity index (χ3n) is 5.43. The average Bonchev–Trinajstić information content (AvgIpc) is 3.48. The van der Waals surface area contributed by atoms with Crippen molar-refractivity contribution in [1.29, 1.82) is 5.26 Å². The van der Waals surface area contributed by atoms with Crippen LogP contribution in [0.5, 0.6) is 0 Å². The molecule has 136 valence electrons. The van der Waals surface area contributed by atoms with Crippen LogP contribution in [0.15, 0.2) is 36.5 Å². The van der Waals surface area contributed by atoms with Crippen LogP contribution in [0.1, 0.15) is 35.0 Å². The minimum absolute atomic E-state index is 0.608. The van der Waals surface area contributed by atoms with Gasteiger partial charge in [-0.3, -0.25) is 9.88 Å². The second-order valence-electron chi connectivity index (χ2n) is 7.35. The number of piperazine rings is 1. The van der Waals surface area contributed by atoms with E-state index in [1.54, 1.807) is 17.5 Å². The topological polar surface area (TPSA) is 56.1 Å². The van der Waals surface area contributed by atoms with Crippen molar-refractivity contribution in [3.8, 4) is 6.07 Å². The molecular weight excluding hydrogens is 354 g/mol. The molecule has 0 amide bonds. The molecule has 0 unspecified atom stereocenters. The lowest BCUT2D eigenvalue weighted by atomic mass is 10.1. The molecule has 2 aliphatic rings. The number of nitrogens with zero attached hydrogens (tertiary/aromatic N) is 5. The summed E-state index contributed by atoms with van der Waals surface area (Å²) in [5.41, 5.74) is 4.01. The van der Waals surface area contributed by atoms with Crippen LogP contribution < -0.4 is 4.90 Å². The van der Waals surface area contributed by atoms with E-state index in [1.165, 1.54) is 22.5 Å². The first-order valence-corrected chi connectivity index (χ1v) is 10.3. The Hall–Kier alpha value is -2.49. The summed E-state index contributed by atoms with van der Waals surface area (Å²) >= 11 is 1.79. The molecule has 1 aliphatic heterocycles. The number of pyridine rings is 1. The van der Waals surface area contributed by atoms with Gasteiger partial charge < -0.3 is 4.90 Å². The summed E-state index contributed by atoms with van der Waals surface area (Å²) in [5, 5.41) is 10.7. The van der Waals surface area contributed by atoms with Crippen LogP contribution in [0.25, 0.3) is 10.2 Å². The Kier molecular flexibility index (Phi) is 4.27. The van der Waals surface area contributed by atoms with Gasteiger partial charge in [-0.05, 0) is 31.0 Å². The Balaban J connectivity index is 1.27. The zero-order valence-electron chi connectivity index (χ0n) is 15.1. The van der Waals surface area contributed by atoms with Crippen LogP contribution in [-0.4, -0.2) is 41.0 Å². The Morgan fingerprint density at radius 1 is 1.15 bits per heavy atom. The van der Waals surface area contributed by atoms with Crippen molar-refractivity contribution in [2.24, 2.45) is 0 Å². The minimum atomic E-state index is 0.608. The molecule has 3 heterocycles. The molecule has 5 rings (SSSR count). The summed E-state index contributed by atoms with van der Waals surface area (Å²) in [7, 11) is 0. The number of nitriles is 1. The van der Waals surface area contributed by atoms with E-state index >= 15 is 0 Å². The molecule has 6 heteroatoms. The van der Waals surface area contributed by atoms with Crippen molar-refractivity contribution in [3.05, 3.63) is 52.8 Å². The van der Waals surface area contributed by atoms with Crippen molar-refractivity contribution in [2.45, 2.75) is 25.3 Å². The highest BCUT2D eigenvalue weighted by Gasteiger charge is 2.27. The van der Waals surface area contributed by atoms with Crippen molar-refractivity contribution in [1.82, 2.24) is 14.9 Å². The number of para-hydroxylation sites is 1. The smallest absolute Gasteiger partial charge is 0.108 e. The normalized spacial score (nSPS) is 18.0. The summed E-state index contributed by atoms with van der Waals surface area (Å²) in [5.74, 6) is 0.608. The highest BCUT2D eigenvalue weighted by molar-refractivity contribution is 7.18. The third-order valence-corrected chi connectivity index (χ3v) is 6.45. The molecule has 27 heavy (non-hydrogen) atoms. The van der Waals surface area contributed by atoms with E-state index in [0.29, 0.717) is 11.5 Å². The van der Waals surface area contributed by atoms with Crippen LogP contribution >= 0.6 is 11.3 Å². The SMILES string of the molecule is N#Cc1cnc(C2CC2)cc1N1CCN(Cc2nc3ccccc3s2)CC1. The van der Waals surface area contributed by atoms with Crippen molar-refractivity contribution < 1.29 is 0 Å². The molecule has 2 aromatic heterocycles. The first-order valence-electron chi connectivity index (χ1n) is 9.52. The fraction of sp³-hybridized carbons (Fsp3) is 0.381. The zero-order chi connectivity index (χ0) is 18.2. The molecule has 0 atom stereocenters. The zero-order valence-corrected chi connectivity index (χ0v) is 16.0. The molecule has 5 nitrogen and oxygen atoms in total. The summed E-state index contributed by atoms with van der Waals surface area (Å²) in [4.78, 5) is 14.1. The Bertz CT molecular complexity index is 976. The maximum Gasteiger partial charge on any atom is 0.108 e. The number of hydrogen-bond acceptors (Lipinski definition) is 6. The van der Waals surface area contributed by atoms with E-state index in [9.17, 15) is 5.26 Å². The average molecular weight is 376 g/mol. The number of benzene rings is 1. The Morgan fingerprint density at radius 3 is 2.70 bits per heavy atom. The molecule has 1 aromatic carbocycles. The first kappa shape index (κ1) is 16.7. The van der Waals surface area contributed by atoms with Gasteiger partial charge in [0.15, 0.2) is 0 Å². The molecule has 0 bridgehead atoms. The Morgan fingerprint density at radius 2 is 1.96 bits per heavy atom. The maximum atomic E-state index is 9.48. The standard InChI is InChI=1S/C21H21N5S/c22-12-16-13-23-18(15-5-6-15)11-19(16)26-9-7-25(8-10-26)14-21-24-17-3-1-2-4-20(17)27-21/h1-4,11,13,15H,5-10,14H2. The highest BCUT2D eigenvalue weighted by Crippen LogP contribution is 2.40. The summed E-state index contributed by atoms with van der Waals surface area (Å²) in [6, 6.07) is 12.8. The first-order chi connectivity index (χ1) is 13.3. The van der Waals surface area contributed by atoms with Crippen molar-refractivity contribution in [2.75, 3.05) is 31.1 Å². The van der Waals surface area contributed by atoms with Crippen LogP contribution in [0.4, 0.5) is 5.69 Å². The van der Waals surface area contributed by atoms with E-state index in [0.717, 1.165) is 49.6 Å². The lowest BCUT2D eigenvalue weighted by molar-refractivity contribution is 0.249. The second kappa shape index (κ2) is 6.91. The van der Waals surface area contributed by atoms with Gasteiger partial charge in [0.05, 0.1) is 28.0 Å². The quantitative estimate of drug-likeness (QED) is 0.695. The lowest BCUT2D eigenvalue weighted by Crippen LogP contribution is -2.46. The Labute approximate surface area is 162 Å². The number of anilines is 1. The van der Waals surface area contributed by atoms with Gasteiger partial charge in [0.1, 0.15) is 11.1 Å². The van der Waals surface area contributed by atoms with Gasteiger partial charge in [-0.25, -0.2) is 4.98 Å². The van der Waals surface area contributed by atoms with Gasteiger partial charge in [0.2, 0.25) is 0 Å². The molecule has 1 saturated heterocycles. The summed E-state index contributed by atoms with van der Waals surface area (Å²) < 4.78 is 1.26. The molecular formula is C21H21N5S. The van der Waals surface area contributed by atoms with Gasteiger partial charge in [0.25, 0.3) is 0 Å². The monoisotopic (exact) mass is 375 g/mol. The fourth-order valence-corrected chi connectivity index (χ4v) is 4.75. The predicted molar refractivity (Wildman–Crippen MR) is 108 cm³/mol. The van der Waals surface area contributed by atoms with Crippen molar-refractivity contribution in [3.63, 3.8) is 0 Å². The van der Waals surface area contributed by atoms with E-state index in [4.69, 9.17) is 4.98 Å². The number of fused-ring (bicyclic) bond motifs is 1. The number of hydrogen-bond donors (Lipinski definition) is 0. The molecule has 0 N–H and O–H groups in total. The van der Waals surface area contributed by atoms with Gasteiger partial charge >= 0.3 is 0 Å². The maximum absolute atomic E-state index is 9.48. The van der Waals surface area contributed by atoms with Crippen LogP contribution in [-0.2, 0) is 6.54 Å². The summed E-state index contributed by atoms with van der Waals surface area (Å²) in [6.45, 7) is 4.76. The molecule has 1 aliphatic carbocycles. The highest BCUT2D eigenvalue weighted by atomic mass is 32.1. The van der Waals surface area contributed by atoms with Gasteiger partial charge in [-0.2, -0.15) is 5.26 Å². The molecule has 0 radical (unpaired) electrons. The van der Waals surface area contributed by atoms with E-state index < -0.39 is 0 Å². The summed E-state index contributed by atoms with van der Waals surface area (Å²) in [6.07, 6.45) is 4.22. The van der Waals surface area contributed by atoms with Crippen molar-refractivity contribution >= 4 is 27.2 Å². The fourth-order valence-electron chi connectivity index (χ4n) is 3.74. The van der Waals surface area contributed by atoms with Crippen LogP contribution in [0.2, 0.25) is 0 Å². The number of rotatable bonds is 4. The lowest BCUT2D eigenvalue weighted by Gasteiger charge is -2.36. The van der Waals surface area contributed by atoms with Crippen LogP contribution in [0.3, 0.4) is 0 Å². The number of thiazole rings is 1. The second-order valence-corrected chi connectivity index (χ2v) is 8.47. The third kappa shape index (κ3) is 3.41. The number of aromatic nitrogens is 2. The molecule has 1 saturated carbocycles. The molecule has 2 fully saturated rings. The minimum Gasteiger partial charge on any atom is -0.368 e. The van der Waals surface area contributed by atoms with Gasteiger partial charge in [-0.1, -0.05) is 12.1 Å². The largest absolute Gasteiger partial charge is 0.368 e. The molecule has 0 spiro atoms. The predicted octanol–water partition coefficient (Wildman–Crippen LogP) is 3.76. The van der Waals surface area contributed by atoms with Gasteiger partial charge in [0, 0.05) is 44.0 Å². The van der Waals surface area contributed by atoms with Gasteiger partial charge in [-0.15, -0.1) is 11.3 Å². The van der Waals surface area contributed by atoms with E-state index in [2.05, 4.69) is 45.1 Å².